The van der Waals surface area contributed by atoms with Gasteiger partial charge in [0.05, 0.1) is 11.2 Å². The minimum absolute atomic E-state index is 0.965. The number of benzene rings is 9. The molecular formula is C52H32N2. The number of hydrogen-bond acceptors (Lipinski definition) is 2. The smallest absolute Gasteiger partial charge is 0.0794 e. The standard InChI is InChI=1S/C52H32N2/c1-3-13-38-36(11-1)29-47(42-17-7-5-15-40(38)42)48-31-50-46(35-23-21-33(22-24-35)34-25-27-53-28-26-34)32-51(54-52(50)45-20-10-9-19-44(45)48)49-30-37-12-2-4-14-39(37)41-16-6-8-18-43(41)49/h1-32H. The molecule has 54 heavy (non-hydrogen) atoms. The molecule has 0 amide bonds. The molecule has 0 radical (unpaired) electrons. The summed E-state index contributed by atoms with van der Waals surface area (Å²) in [4.78, 5) is 9.86. The van der Waals surface area contributed by atoms with Crippen molar-refractivity contribution in [1.82, 2.24) is 9.97 Å². The SMILES string of the molecule is c1ccc2c(c1)cc(-c1cc(-c3ccc(-c4ccncc4)cc3)c3cc(-c4cc5ccccc5c5ccccc45)c4ccccc4c3n1)c1ccccc12. The van der Waals surface area contributed by atoms with E-state index in [1.807, 2.05) is 12.4 Å². The van der Waals surface area contributed by atoms with Crippen LogP contribution in [0.1, 0.15) is 0 Å². The highest BCUT2D eigenvalue weighted by molar-refractivity contribution is 6.22. The number of pyridine rings is 2. The topological polar surface area (TPSA) is 25.8 Å². The number of rotatable bonds is 4. The molecule has 9 aromatic carbocycles. The van der Waals surface area contributed by atoms with Crippen LogP contribution in [0.5, 0.6) is 0 Å². The van der Waals surface area contributed by atoms with Crippen LogP contribution in [0.2, 0.25) is 0 Å². The van der Waals surface area contributed by atoms with E-state index >= 15 is 0 Å². The lowest BCUT2D eigenvalue weighted by molar-refractivity contribution is 1.33. The molecule has 0 unspecified atom stereocenters. The molecule has 2 heterocycles. The maximum absolute atomic E-state index is 5.62. The van der Waals surface area contributed by atoms with Crippen molar-refractivity contribution in [3.05, 3.63) is 194 Å². The highest BCUT2D eigenvalue weighted by Gasteiger charge is 2.19. The zero-order valence-electron chi connectivity index (χ0n) is 29.4. The second-order valence-electron chi connectivity index (χ2n) is 14.1. The van der Waals surface area contributed by atoms with E-state index in [2.05, 4.69) is 187 Å². The van der Waals surface area contributed by atoms with Gasteiger partial charge in [0.15, 0.2) is 0 Å². The lowest BCUT2D eigenvalue weighted by Gasteiger charge is -2.18. The van der Waals surface area contributed by atoms with Gasteiger partial charge in [0.2, 0.25) is 0 Å². The molecule has 0 bridgehead atoms. The Kier molecular flexibility index (Phi) is 6.90. The van der Waals surface area contributed by atoms with Crippen molar-refractivity contribution >= 4 is 64.8 Å². The molecule has 0 aliphatic carbocycles. The normalized spacial score (nSPS) is 11.7. The molecule has 2 heteroatoms. The summed E-state index contributed by atoms with van der Waals surface area (Å²) in [6, 6.07) is 66.2. The summed E-state index contributed by atoms with van der Waals surface area (Å²) in [5.41, 5.74) is 10.2. The molecule has 0 atom stereocenters. The lowest BCUT2D eigenvalue weighted by Crippen LogP contribution is -1.95. The van der Waals surface area contributed by atoms with Gasteiger partial charge >= 0.3 is 0 Å². The van der Waals surface area contributed by atoms with Gasteiger partial charge in [-0.25, -0.2) is 4.98 Å². The minimum Gasteiger partial charge on any atom is -0.265 e. The molecule has 0 saturated heterocycles. The minimum atomic E-state index is 0.965. The summed E-state index contributed by atoms with van der Waals surface area (Å²) >= 11 is 0. The van der Waals surface area contributed by atoms with Gasteiger partial charge in [-0.3, -0.25) is 4.98 Å². The number of aromatic nitrogens is 2. The van der Waals surface area contributed by atoms with Gasteiger partial charge in [-0.2, -0.15) is 0 Å². The van der Waals surface area contributed by atoms with Gasteiger partial charge in [-0.15, -0.1) is 0 Å². The van der Waals surface area contributed by atoms with Crippen LogP contribution in [0.3, 0.4) is 0 Å². The lowest BCUT2D eigenvalue weighted by atomic mass is 9.87. The predicted molar refractivity (Wildman–Crippen MR) is 229 cm³/mol. The summed E-state index contributed by atoms with van der Waals surface area (Å²) < 4.78 is 0. The molecule has 11 rings (SSSR count). The van der Waals surface area contributed by atoms with Crippen LogP contribution < -0.4 is 0 Å². The summed E-state index contributed by atoms with van der Waals surface area (Å²) in [7, 11) is 0. The van der Waals surface area contributed by atoms with E-state index in [0.29, 0.717) is 0 Å². The molecule has 250 valence electrons. The highest BCUT2D eigenvalue weighted by atomic mass is 14.7. The first-order valence-corrected chi connectivity index (χ1v) is 18.5. The van der Waals surface area contributed by atoms with Crippen LogP contribution in [-0.4, -0.2) is 9.97 Å². The van der Waals surface area contributed by atoms with Crippen molar-refractivity contribution < 1.29 is 0 Å². The van der Waals surface area contributed by atoms with E-state index in [1.165, 1.54) is 59.6 Å². The van der Waals surface area contributed by atoms with Crippen LogP contribution in [-0.2, 0) is 0 Å². The van der Waals surface area contributed by atoms with Crippen molar-refractivity contribution in [3.8, 4) is 44.6 Å². The number of nitrogens with zero attached hydrogens (tertiary/aromatic N) is 2. The highest BCUT2D eigenvalue weighted by Crippen LogP contribution is 2.44. The van der Waals surface area contributed by atoms with Crippen molar-refractivity contribution in [2.45, 2.75) is 0 Å². The zero-order chi connectivity index (χ0) is 35.6. The van der Waals surface area contributed by atoms with Crippen molar-refractivity contribution in [1.29, 1.82) is 0 Å². The Morgan fingerprint density at radius 3 is 1.35 bits per heavy atom. The Bertz CT molecular complexity index is 3250. The third-order valence-electron chi connectivity index (χ3n) is 11.1. The van der Waals surface area contributed by atoms with Crippen LogP contribution in [0.25, 0.3) is 109 Å². The summed E-state index contributed by atoms with van der Waals surface area (Å²) in [6.07, 6.45) is 3.70. The molecule has 0 aliphatic rings. The maximum atomic E-state index is 5.62. The van der Waals surface area contributed by atoms with E-state index < -0.39 is 0 Å². The zero-order valence-corrected chi connectivity index (χ0v) is 29.4. The molecule has 11 aromatic rings. The van der Waals surface area contributed by atoms with Gasteiger partial charge in [0.1, 0.15) is 0 Å². The predicted octanol–water partition coefficient (Wildman–Crippen LogP) is 14.1. The summed E-state index contributed by atoms with van der Waals surface area (Å²) in [5.74, 6) is 0. The molecule has 0 N–H and O–H groups in total. The van der Waals surface area contributed by atoms with Gasteiger partial charge < -0.3 is 0 Å². The van der Waals surface area contributed by atoms with Crippen LogP contribution in [0.4, 0.5) is 0 Å². The van der Waals surface area contributed by atoms with E-state index in [0.717, 1.165) is 49.8 Å². The fourth-order valence-electron chi connectivity index (χ4n) is 8.58. The van der Waals surface area contributed by atoms with Crippen molar-refractivity contribution in [2.75, 3.05) is 0 Å². The van der Waals surface area contributed by atoms with Gasteiger partial charge in [-0.05, 0) is 118 Å². The quantitative estimate of drug-likeness (QED) is 0.172. The molecule has 0 saturated carbocycles. The Morgan fingerprint density at radius 1 is 0.278 bits per heavy atom. The van der Waals surface area contributed by atoms with Gasteiger partial charge in [-0.1, -0.05) is 146 Å². The third kappa shape index (κ3) is 4.81. The molecule has 0 spiro atoms. The first kappa shape index (κ1) is 30.5. The molecule has 0 fully saturated rings. The number of hydrogen-bond donors (Lipinski definition) is 0. The van der Waals surface area contributed by atoms with E-state index in [1.54, 1.807) is 0 Å². The van der Waals surface area contributed by atoms with Gasteiger partial charge in [0.25, 0.3) is 0 Å². The Labute approximate surface area is 312 Å². The third-order valence-corrected chi connectivity index (χ3v) is 11.1. The number of fused-ring (bicyclic) bond motifs is 9. The largest absolute Gasteiger partial charge is 0.265 e. The van der Waals surface area contributed by atoms with E-state index in [-0.39, 0.29) is 0 Å². The average molecular weight is 685 g/mol. The fraction of sp³-hybridized carbons (Fsp3) is 0. The first-order chi connectivity index (χ1) is 26.8. The second-order valence-corrected chi connectivity index (χ2v) is 14.1. The first-order valence-electron chi connectivity index (χ1n) is 18.5. The fourth-order valence-corrected chi connectivity index (χ4v) is 8.58. The molecule has 0 aliphatic heterocycles. The Balaban J connectivity index is 1.25. The molecular weight excluding hydrogens is 653 g/mol. The Morgan fingerprint density at radius 2 is 0.722 bits per heavy atom. The van der Waals surface area contributed by atoms with Crippen LogP contribution in [0.15, 0.2) is 194 Å². The van der Waals surface area contributed by atoms with Crippen LogP contribution >= 0.6 is 0 Å². The average Bonchev–Trinajstić information content (AvgIpc) is 3.25. The maximum Gasteiger partial charge on any atom is 0.0794 e. The second kappa shape index (κ2) is 12.2. The van der Waals surface area contributed by atoms with Crippen molar-refractivity contribution in [3.63, 3.8) is 0 Å². The van der Waals surface area contributed by atoms with Crippen molar-refractivity contribution in [2.24, 2.45) is 0 Å². The summed E-state index contributed by atoms with van der Waals surface area (Å²) in [6.45, 7) is 0. The summed E-state index contributed by atoms with van der Waals surface area (Å²) in [5, 5.41) is 13.4. The van der Waals surface area contributed by atoms with Crippen LogP contribution in [0, 0.1) is 0 Å². The van der Waals surface area contributed by atoms with Gasteiger partial charge in [0, 0.05) is 28.7 Å². The van der Waals surface area contributed by atoms with E-state index in [4.69, 9.17) is 4.98 Å². The molecule has 2 aromatic heterocycles. The monoisotopic (exact) mass is 684 g/mol. The van der Waals surface area contributed by atoms with E-state index in [9.17, 15) is 0 Å². The molecule has 2 nitrogen and oxygen atoms in total. The Hall–Kier alpha value is -7.16.